The fourth-order valence-corrected chi connectivity index (χ4v) is 2.48. The molecule has 0 radical (unpaired) electrons. The Kier molecular flexibility index (Phi) is 3.49. The minimum atomic E-state index is -0.659. The minimum absolute atomic E-state index is 0.0175. The largest absolute Gasteiger partial charge is 0.458 e. The monoisotopic (exact) mass is 246 g/mol. The molecule has 1 unspecified atom stereocenters. The molecular weight excluding hydrogens is 224 g/mol. The Balaban J connectivity index is 2.32. The van der Waals surface area contributed by atoms with Gasteiger partial charge in [-0.15, -0.1) is 0 Å². The van der Waals surface area contributed by atoms with Gasteiger partial charge in [-0.05, 0) is 24.0 Å². The van der Waals surface area contributed by atoms with Crippen molar-refractivity contribution in [2.75, 3.05) is 7.11 Å². The standard InChI is InChI=1S/C16H22O2/c1-15(2,3)14-11-7-8-12-16(14,17-4)18-13-9-5-6-10-13/h5,7-11H,6,12H2,1-4H3. The molecule has 2 aliphatic carbocycles. The van der Waals surface area contributed by atoms with Gasteiger partial charge in [-0.25, -0.2) is 0 Å². The topological polar surface area (TPSA) is 18.5 Å². The van der Waals surface area contributed by atoms with Gasteiger partial charge < -0.3 is 9.47 Å². The van der Waals surface area contributed by atoms with Gasteiger partial charge in [-0.1, -0.05) is 45.1 Å². The number of hydrogen-bond acceptors (Lipinski definition) is 2. The third-order valence-corrected chi connectivity index (χ3v) is 3.35. The summed E-state index contributed by atoms with van der Waals surface area (Å²) in [6, 6.07) is 0. The quantitative estimate of drug-likeness (QED) is 0.697. The second-order valence-corrected chi connectivity index (χ2v) is 5.77. The molecule has 0 aromatic rings. The van der Waals surface area contributed by atoms with E-state index in [1.54, 1.807) is 7.11 Å². The summed E-state index contributed by atoms with van der Waals surface area (Å²) < 4.78 is 11.9. The summed E-state index contributed by atoms with van der Waals surface area (Å²) in [6.07, 6.45) is 14.2. The smallest absolute Gasteiger partial charge is 0.237 e. The molecule has 2 heteroatoms. The first-order chi connectivity index (χ1) is 8.48. The molecule has 0 bridgehead atoms. The van der Waals surface area contributed by atoms with Crippen molar-refractivity contribution in [3.05, 3.63) is 47.8 Å². The van der Waals surface area contributed by atoms with E-state index in [4.69, 9.17) is 9.47 Å². The van der Waals surface area contributed by atoms with Gasteiger partial charge in [0.15, 0.2) is 0 Å². The lowest BCUT2D eigenvalue weighted by Crippen LogP contribution is -2.42. The first kappa shape index (κ1) is 13.2. The zero-order valence-electron chi connectivity index (χ0n) is 11.7. The average molecular weight is 246 g/mol. The maximum atomic E-state index is 6.16. The highest BCUT2D eigenvalue weighted by Gasteiger charge is 2.42. The first-order valence-electron chi connectivity index (χ1n) is 6.46. The second-order valence-electron chi connectivity index (χ2n) is 5.77. The van der Waals surface area contributed by atoms with Crippen LogP contribution in [0.15, 0.2) is 47.8 Å². The molecule has 0 saturated heterocycles. The van der Waals surface area contributed by atoms with Gasteiger partial charge >= 0.3 is 0 Å². The Bertz CT molecular complexity index is 433. The normalized spacial score (nSPS) is 27.1. The lowest BCUT2D eigenvalue weighted by atomic mass is 9.78. The lowest BCUT2D eigenvalue weighted by molar-refractivity contribution is -0.174. The summed E-state index contributed by atoms with van der Waals surface area (Å²) in [6.45, 7) is 6.57. The van der Waals surface area contributed by atoms with Crippen LogP contribution >= 0.6 is 0 Å². The molecule has 98 valence electrons. The van der Waals surface area contributed by atoms with Crippen molar-refractivity contribution in [2.45, 2.75) is 39.4 Å². The summed E-state index contributed by atoms with van der Waals surface area (Å²) in [7, 11) is 1.72. The summed E-state index contributed by atoms with van der Waals surface area (Å²) in [5.74, 6) is 0.246. The summed E-state index contributed by atoms with van der Waals surface area (Å²) in [4.78, 5) is 0. The molecule has 0 heterocycles. The Hall–Kier alpha value is -1.28. The molecule has 0 spiro atoms. The molecular formula is C16H22O2. The zero-order chi connectivity index (χ0) is 13.2. The molecule has 0 saturated carbocycles. The van der Waals surface area contributed by atoms with E-state index in [-0.39, 0.29) is 5.41 Å². The Morgan fingerprint density at radius 2 is 2.00 bits per heavy atom. The van der Waals surface area contributed by atoms with Gasteiger partial charge in [0.2, 0.25) is 5.79 Å². The van der Waals surface area contributed by atoms with E-state index in [2.05, 4.69) is 51.2 Å². The Labute approximate surface area is 110 Å². The van der Waals surface area contributed by atoms with Crippen LogP contribution < -0.4 is 0 Å². The highest BCUT2D eigenvalue weighted by molar-refractivity contribution is 5.32. The SMILES string of the molecule is COC1(OC2=CCC=C2)CC=CC=C1C(C)(C)C. The molecule has 2 nitrogen and oxygen atoms in total. The number of rotatable bonds is 3. The molecule has 2 rings (SSSR count). The predicted molar refractivity (Wildman–Crippen MR) is 74.0 cm³/mol. The fraction of sp³-hybridized carbons (Fsp3) is 0.500. The van der Waals surface area contributed by atoms with Crippen LogP contribution in [0.1, 0.15) is 33.6 Å². The van der Waals surface area contributed by atoms with Crippen LogP contribution in [0.5, 0.6) is 0 Å². The van der Waals surface area contributed by atoms with Crippen LogP contribution in [-0.2, 0) is 9.47 Å². The van der Waals surface area contributed by atoms with Gasteiger partial charge in [0.25, 0.3) is 0 Å². The van der Waals surface area contributed by atoms with E-state index in [9.17, 15) is 0 Å². The lowest BCUT2D eigenvalue weighted by Gasteiger charge is -2.41. The minimum Gasteiger partial charge on any atom is -0.458 e. The van der Waals surface area contributed by atoms with E-state index >= 15 is 0 Å². The van der Waals surface area contributed by atoms with Gasteiger partial charge in [0, 0.05) is 19.1 Å². The van der Waals surface area contributed by atoms with Crippen LogP contribution in [0.25, 0.3) is 0 Å². The van der Waals surface area contributed by atoms with Crippen LogP contribution in [-0.4, -0.2) is 12.9 Å². The van der Waals surface area contributed by atoms with Crippen molar-refractivity contribution in [1.82, 2.24) is 0 Å². The zero-order valence-corrected chi connectivity index (χ0v) is 11.7. The van der Waals surface area contributed by atoms with Crippen molar-refractivity contribution in [3.8, 4) is 0 Å². The predicted octanol–water partition coefficient (Wildman–Crippen LogP) is 4.12. The molecule has 1 atom stereocenters. The maximum absolute atomic E-state index is 6.16. The first-order valence-corrected chi connectivity index (χ1v) is 6.46. The maximum Gasteiger partial charge on any atom is 0.237 e. The number of allylic oxidation sites excluding steroid dienone is 5. The highest BCUT2D eigenvalue weighted by Crippen LogP contribution is 2.42. The summed E-state index contributed by atoms with van der Waals surface area (Å²) in [5.41, 5.74) is 1.20. The molecule has 0 aromatic heterocycles. The van der Waals surface area contributed by atoms with Crippen molar-refractivity contribution >= 4 is 0 Å². The summed E-state index contributed by atoms with van der Waals surface area (Å²) >= 11 is 0. The average Bonchev–Trinajstić information content (AvgIpc) is 2.81. The van der Waals surface area contributed by atoms with E-state index in [0.717, 1.165) is 18.6 Å². The number of hydrogen-bond donors (Lipinski definition) is 0. The number of methoxy groups -OCH3 is 1. The van der Waals surface area contributed by atoms with Crippen molar-refractivity contribution in [2.24, 2.45) is 5.41 Å². The third-order valence-electron chi connectivity index (χ3n) is 3.35. The second kappa shape index (κ2) is 4.77. The van der Waals surface area contributed by atoms with Gasteiger partial charge in [-0.2, -0.15) is 0 Å². The Morgan fingerprint density at radius 1 is 1.22 bits per heavy atom. The van der Waals surface area contributed by atoms with Crippen LogP contribution in [0.2, 0.25) is 0 Å². The molecule has 2 aliphatic rings. The molecule has 0 N–H and O–H groups in total. The van der Waals surface area contributed by atoms with Crippen molar-refractivity contribution < 1.29 is 9.47 Å². The van der Waals surface area contributed by atoms with E-state index in [1.807, 2.05) is 6.08 Å². The van der Waals surface area contributed by atoms with E-state index in [1.165, 1.54) is 5.57 Å². The summed E-state index contributed by atoms with van der Waals surface area (Å²) in [5, 5.41) is 0. The van der Waals surface area contributed by atoms with Crippen molar-refractivity contribution in [1.29, 1.82) is 0 Å². The molecule has 0 amide bonds. The van der Waals surface area contributed by atoms with Gasteiger partial charge in [-0.3, -0.25) is 0 Å². The van der Waals surface area contributed by atoms with Crippen LogP contribution in [0.4, 0.5) is 0 Å². The molecule has 0 fully saturated rings. The molecule has 0 aromatic carbocycles. The fourth-order valence-electron chi connectivity index (χ4n) is 2.48. The molecule has 18 heavy (non-hydrogen) atoms. The number of ether oxygens (including phenoxy) is 2. The third kappa shape index (κ3) is 2.44. The van der Waals surface area contributed by atoms with Crippen molar-refractivity contribution in [3.63, 3.8) is 0 Å². The van der Waals surface area contributed by atoms with Gasteiger partial charge in [0.1, 0.15) is 5.76 Å². The highest BCUT2D eigenvalue weighted by atomic mass is 16.7. The molecule has 0 aliphatic heterocycles. The van der Waals surface area contributed by atoms with E-state index < -0.39 is 5.79 Å². The Morgan fingerprint density at radius 3 is 2.56 bits per heavy atom. The van der Waals surface area contributed by atoms with E-state index in [0.29, 0.717) is 0 Å². The van der Waals surface area contributed by atoms with Crippen LogP contribution in [0, 0.1) is 5.41 Å². The van der Waals surface area contributed by atoms with Gasteiger partial charge in [0.05, 0.1) is 0 Å². The van der Waals surface area contributed by atoms with Crippen LogP contribution in [0.3, 0.4) is 0 Å².